The molecule has 0 saturated heterocycles. The highest BCUT2D eigenvalue weighted by Crippen LogP contribution is 2.32. The Bertz CT molecular complexity index is 553. The summed E-state index contributed by atoms with van der Waals surface area (Å²) in [7, 11) is 1.30. The lowest BCUT2D eigenvalue weighted by atomic mass is 10.1. The molecule has 1 aliphatic rings. The zero-order valence-electron chi connectivity index (χ0n) is 11.8. The summed E-state index contributed by atoms with van der Waals surface area (Å²) in [5, 5.41) is 2.70. The lowest BCUT2D eigenvalue weighted by Gasteiger charge is -2.04. The van der Waals surface area contributed by atoms with Crippen molar-refractivity contribution in [1.82, 2.24) is 5.32 Å². The summed E-state index contributed by atoms with van der Waals surface area (Å²) in [4.78, 5) is 22.5. The normalized spacial score (nSPS) is 12.4. The van der Waals surface area contributed by atoms with Gasteiger partial charge in [0.05, 0.1) is 7.11 Å². The lowest BCUT2D eigenvalue weighted by molar-refractivity contribution is -0.134. The van der Waals surface area contributed by atoms with E-state index in [2.05, 4.69) is 10.1 Å². The summed E-state index contributed by atoms with van der Waals surface area (Å²) in [5.41, 5.74) is 1.01. The zero-order valence-corrected chi connectivity index (χ0v) is 11.8. The minimum Gasteiger partial charge on any atom is -0.466 e. The van der Waals surface area contributed by atoms with Crippen LogP contribution in [0.2, 0.25) is 0 Å². The first-order chi connectivity index (χ1) is 10.2. The second kappa shape index (κ2) is 7.33. The van der Waals surface area contributed by atoms with Crippen LogP contribution in [0.15, 0.2) is 30.4 Å². The van der Waals surface area contributed by atoms with E-state index >= 15 is 0 Å². The number of amides is 1. The molecule has 0 aromatic heterocycles. The van der Waals surface area contributed by atoms with Crippen molar-refractivity contribution in [1.29, 1.82) is 0 Å². The molecule has 0 atom stereocenters. The van der Waals surface area contributed by atoms with Crippen molar-refractivity contribution in [3.8, 4) is 11.5 Å². The summed E-state index contributed by atoms with van der Waals surface area (Å²) in [6, 6.07) is 5.64. The van der Waals surface area contributed by atoms with Gasteiger partial charge in [-0.3, -0.25) is 4.79 Å². The van der Waals surface area contributed by atoms with Crippen LogP contribution in [0, 0.1) is 0 Å². The van der Waals surface area contributed by atoms with Gasteiger partial charge in [0.2, 0.25) is 12.7 Å². The third kappa shape index (κ3) is 4.52. The summed E-state index contributed by atoms with van der Waals surface area (Å²) >= 11 is 0. The lowest BCUT2D eigenvalue weighted by Crippen LogP contribution is -2.23. The molecule has 1 aliphatic heterocycles. The first-order valence-electron chi connectivity index (χ1n) is 6.59. The molecule has 21 heavy (non-hydrogen) atoms. The number of carbonyl (C=O) groups is 2. The summed E-state index contributed by atoms with van der Waals surface area (Å²) < 4.78 is 14.9. The Labute approximate surface area is 122 Å². The first-order valence-corrected chi connectivity index (χ1v) is 6.59. The van der Waals surface area contributed by atoms with Gasteiger partial charge in [-0.2, -0.15) is 0 Å². The van der Waals surface area contributed by atoms with E-state index in [0.717, 1.165) is 11.3 Å². The Hall–Kier alpha value is -2.50. The molecule has 112 valence electrons. The molecule has 6 nitrogen and oxygen atoms in total. The number of ether oxygens (including phenoxy) is 3. The van der Waals surface area contributed by atoms with Gasteiger partial charge < -0.3 is 19.5 Å². The van der Waals surface area contributed by atoms with Crippen molar-refractivity contribution in [2.45, 2.75) is 12.8 Å². The summed E-state index contributed by atoms with van der Waals surface area (Å²) in [5.74, 6) is 0.928. The van der Waals surface area contributed by atoms with Crippen LogP contribution in [-0.4, -0.2) is 32.3 Å². The van der Waals surface area contributed by atoms with Gasteiger partial charge in [0, 0.05) is 19.0 Å². The molecule has 6 heteroatoms. The highest BCUT2D eigenvalue weighted by molar-refractivity contribution is 5.82. The number of hydrogen-bond acceptors (Lipinski definition) is 5. The predicted molar refractivity (Wildman–Crippen MR) is 75.1 cm³/mol. The van der Waals surface area contributed by atoms with E-state index in [1.54, 1.807) is 6.08 Å². The molecule has 0 spiro atoms. The highest BCUT2D eigenvalue weighted by Gasteiger charge is 2.13. The van der Waals surface area contributed by atoms with Crippen molar-refractivity contribution in [3.05, 3.63) is 35.9 Å². The van der Waals surface area contributed by atoms with E-state index in [9.17, 15) is 9.59 Å². The Kier molecular flexibility index (Phi) is 5.20. The molecule has 0 unspecified atom stereocenters. The standard InChI is InChI=1S/C15H17NO5/c1-19-15(18)3-2-8-16-14(17)7-5-11-4-6-12-13(9-11)21-10-20-12/h2-4,6,9H,5,7-8,10H2,1H3,(H,16,17)/b3-2+. The van der Waals surface area contributed by atoms with Crippen LogP contribution in [0.5, 0.6) is 11.5 Å². The fraction of sp³-hybridized carbons (Fsp3) is 0.333. The minimum absolute atomic E-state index is 0.0813. The molecule has 0 fully saturated rings. The van der Waals surface area contributed by atoms with Crippen LogP contribution in [-0.2, 0) is 20.7 Å². The number of aryl methyl sites for hydroxylation is 1. The quantitative estimate of drug-likeness (QED) is 0.629. The van der Waals surface area contributed by atoms with E-state index in [4.69, 9.17) is 9.47 Å². The first kappa shape index (κ1) is 14.9. The monoisotopic (exact) mass is 291 g/mol. The van der Waals surface area contributed by atoms with Gasteiger partial charge in [-0.15, -0.1) is 0 Å². The molecule has 2 rings (SSSR count). The van der Waals surface area contributed by atoms with Crippen LogP contribution in [0.3, 0.4) is 0 Å². The molecule has 0 aliphatic carbocycles. The van der Waals surface area contributed by atoms with E-state index in [1.165, 1.54) is 13.2 Å². The maximum absolute atomic E-state index is 11.6. The van der Waals surface area contributed by atoms with Gasteiger partial charge >= 0.3 is 5.97 Å². The molecule has 0 bridgehead atoms. The van der Waals surface area contributed by atoms with Crippen LogP contribution in [0.4, 0.5) is 0 Å². The van der Waals surface area contributed by atoms with Crippen molar-refractivity contribution in [2.75, 3.05) is 20.4 Å². The average molecular weight is 291 g/mol. The highest BCUT2D eigenvalue weighted by atomic mass is 16.7. The smallest absolute Gasteiger partial charge is 0.330 e. The van der Waals surface area contributed by atoms with Crippen molar-refractivity contribution < 1.29 is 23.8 Å². The van der Waals surface area contributed by atoms with E-state index in [-0.39, 0.29) is 12.7 Å². The van der Waals surface area contributed by atoms with Gasteiger partial charge in [0.25, 0.3) is 0 Å². The molecular formula is C15H17NO5. The fourth-order valence-corrected chi connectivity index (χ4v) is 1.84. The number of benzene rings is 1. The van der Waals surface area contributed by atoms with Crippen molar-refractivity contribution in [2.24, 2.45) is 0 Å². The van der Waals surface area contributed by atoms with Gasteiger partial charge in [0.15, 0.2) is 11.5 Å². The van der Waals surface area contributed by atoms with Crippen LogP contribution < -0.4 is 14.8 Å². The third-order valence-electron chi connectivity index (χ3n) is 2.95. The second-order valence-electron chi connectivity index (χ2n) is 4.42. The maximum atomic E-state index is 11.6. The number of rotatable bonds is 6. The van der Waals surface area contributed by atoms with Gasteiger partial charge in [0.1, 0.15) is 0 Å². The molecule has 1 heterocycles. The van der Waals surface area contributed by atoms with Crippen molar-refractivity contribution >= 4 is 11.9 Å². The number of methoxy groups -OCH3 is 1. The van der Waals surface area contributed by atoms with Gasteiger partial charge in [-0.25, -0.2) is 4.79 Å². The van der Waals surface area contributed by atoms with Crippen LogP contribution in [0.1, 0.15) is 12.0 Å². The number of nitrogens with one attached hydrogen (secondary N) is 1. The van der Waals surface area contributed by atoms with Crippen LogP contribution in [0.25, 0.3) is 0 Å². The Morgan fingerprint density at radius 1 is 1.33 bits per heavy atom. The van der Waals surface area contributed by atoms with E-state index in [1.807, 2.05) is 18.2 Å². The number of esters is 1. The molecule has 0 radical (unpaired) electrons. The number of fused-ring (bicyclic) bond motifs is 1. The van der Waals surface area contributed by atoms with E-state index < -0.39 is 5.97 Å². The molecule has 1 aromatic rings. The molecule has 1 N–H and O–H groups in total. The minimum atomic E-state index is -0.440. The third-order valence-corrected chi connectivity index (χ3v) is 2.95. The zero-order chi connectivity index (χ0) is 15.1. The van der Waals surface area contributed by atoms with E-state index in [0.29, 0.717) is 25.1 Å². The Morgan fingerprint density at radius 3 is 2.95 bits per heavy atom. The summed E-state index contributed by atoms with van der Waals surface area (Å²) in [6.07, 6.45) is 3.80. The second-order valence-corrected chi connectivity index (χ2v) is 4.42. The Morgan fingerprint density at radius 2 is 2.14 bits per heavy atom. The average Bonchev–Trinajstić information content (AvgIpc) is 2.96. The van der Waals surface area contributed by atoms with Gasteiger partial charge in [-0.1, -0.05) is 12.1 Å². The topological polar surface area (TPSA) is 73.9 Å². The summed E-state index contributed by atoms with van der Waals surface area (Å²) in [6.45, 7) is 0.543. The number of hydrogen-bond donors (Lipinski definition) is 1. The van der Waals surface area contributed by atoms with Crippen LogP contribution >= 0.6 is 0 Å². The Balaban J connectivity index is 1.71. The molecule has 1 amide bonds. The SMILES string of the molecule is COC(=O)/C=C/CNC(=O)CCc1ccc2c(c1)OCO2. The predicted octanol–water partition coefficient (Wildman–Crippen LogP) is 1.19. The largest absolute Gasteiger partial charge is 0.466 e. The van der Waals surface area contributed by atoms with Crippen molar-refractivity contribution in [3.63, 3.8) is 0 Å². The molecule has 1 aromatic carbocycles. The number of carbonyl (C=O) groups excluding carboxylic acids is 2. The fourth-order valence-electron chi connectivity index (χ4n) is 1.84. The molecular weight excluding hydrogens is 274 g/mol. The maximum Gasteiger partial charge on any atom is 0.330 e. The van der Waals surface area contributed by atoms with Gasteiger partial charge in [-0.05, 0) is 24.1 Å². The molecule has 0 saturated carbocycles.